The number of nitrogens with zero attached hydrogens (tertiary/aromatic N) is 3. The number of carbonyl (C=O) groups excluding carboxylic acids is 2. The van der Waals surface area contributed by atoms with Crippen molar-refractivity contribution in [3.63, 3.8) is 0 Å². The predicted molar refractivity (Wildman–Crippen MR) is 91.4 cm³/mol. The highest BCUT2D eigenvalue weighted by atomic mass is 19.1. The average Bonchev–Trinajstić information content (AvgIpc) is 3.17. The molecular formula is C18H21FN4O2. The first kappa shape index (κ1) is 17.1. The number of carbonyl (C=O) groups is 2. The van der Waals surface area contributed by atoms with Crippen LogP contribution < -0.4 is 10.2 Å². The van der Waals surface area contributed by atoms with E-state index >= 15 is 0 Å². The van der Waals surface area contributed by atoms with E-state index in [1.807, 2.05) is 17.7 Å². The van der Waals surface area contributed by atoms with Crippen molar-refractivity contribution in [2.24, 2.45) is 5.92 Å². The van der Waals surface area contributed by atoms with Gasteiger partial charge in [-0.25, -0.2) is 9.37 Å². The Kier molecular flexibility index (Phi) is 4.83. The smallest absolute Gasteiger partial charge is 0.227 e. The first-order chi connectivity index (χ1) is 11.9. The van der Waals surface area contributed by atoms with Crippen molar-refractivity contribution in [2.45, 2.75) is 32.9 Å². The molecule has 0 aliphatic carbocycles. The van der Waals surface area contributed by atoms with E-state index in [2.05, 4.69) is 10.3 Å². The van der Waals surface area contributed by atoms with Crippen LogP contribution in [0.5, 0.6) is 0 Å². The summed E-state index contributed by atoms with van der Waals surface area (Å²) >= 11 is 0. The number of aryl methyl sites for hydroxylation is 1. The molecule has 6 nitrogen and oxygen atoms in total. The van der Waals surface area contributed by atoms with Gasteiger partial charge in [-0.15, -0.1) is 0 Å². The van der Waals surface area contributed by atoms with Gasteiger partial charge >= 0.3 is 0 Å². The Morgan fingerprint density at radius 3 is 2.96 bits per heavy atom. The summed E-state index contributed by atoms with van der Waals surface area (Å²) in [5, 5.41) is 2.92. The zero-order valence-electron chi connectivity index (χ0n) is 14.3. The van der Waals surface area contributed by atoms with Crippen molar-refractivity contribution in [3.8, 4) is 0 Å². The van der Waals surface area contributed by atoms with E-state index in [-0.39, 0.29) is 36.5 Å². The van der Waals surface area contributed by atoms with Crippen molar-refractivity contribution in [1.82, 2.24) is 14.9 Å². The Morgan fingerprint density at radius 2 is 2.28 bits per heavy atom. The summed E-state index contributed by atoms with van der Waals surface area (Å²) in [4.78, 5) is 30.0. The Labute approximate surface area is 145 Å². The van der Waals surface area contributed by atoms with Gasteiger partial charge in [-0.05, 0) is 31.5 Å². The number of hydrogen-bond acceptors (Lipinski definition) is 3. The van der Waals surface area contributed by atoms with E-state index in [1.54, 1.807) is 31.6 Å². The molecule has 1 N–H and O–H groups in total. The fraction of sp³-hybridized carbons (Fsp3) is 0.389. The third kappa shape index (κ3) is 3.87. The summed E-state index contributed by atoms with van der Waals surface area (Å²) in [6.45, 7) is 4.48. The van der Waals surface area contributed by atoms with Crippen LogP contribution in [0, 0.1) is 18.7 Å². The van der Waals surface area contributed by atoms with Crippen LogP contribution in [0.15, 0.2) is 36.9 Å². The van der Waals surface area contributed by atoms with Crippen LogP contribution in [0.2, 0.25) is 0 Å². The van der Waals surface area contributed by atoms with E-state index in [4.69, 9.17) is 0 Å². The minimum absolute atomic E-state index is 0.0942. The molecule has 1 aromatic carbocycles. The van der Waals surface area contributed by atoms with Crippen molar-refractivity contribution < 1.29 is 14.0 Å². The maximum Gasteiger partial charge on any atom is 0.227 e. The standard InChI is InChI=1S/C18H21FN4O2/c1-12-3-4-16(15(19)7-12)23-10-14(8-17(23)24)18(25)21-13(2)9-22-6-5-20-11-22/h3-7,11,13-14H,8-10H2,1-2H3,(H,21,25)/t13-,14-/m0/s1. The fourth-order valence-corrected chi connectivity index (χ4v) is 3.06. The predicted octanol–water partition coefficient (Wildman–Crippen LogP) is 1.89. The van der Waals surface area contributed by atoms with Gasteiger partial charge in [0.15, 0.2) is 0 Å². The van der Waals surface area contributed by atoms with E-state index in [1.165, 1.54) is 11.0 Å². The van der Waals surface area contributed by atoms with Gasteiger partial charge in [0.05, 0.1) is 17.9 Å². The Morgan fingerprint density at radius 1 is 1.48 bits per heavy atom. The van der Waals surface area contributed by atoms with E-state index < -0.39 is 11.7 Å². The molecule has 2 heterocycles. The lowest BCUT2D eigenvalue weighted by molar-refractivity contribution is -0.126. The van der Waals surface area contributed by atoms with Crippen molar-refractivity contribution in [2.75, 3.05) is 11.4 Å². The van der Waals surface area contributed by atoms with Crippen LogP contribution in [0.3, 0.4) is 0 Å². The molecule has 1 aromatic heterocycles. The Bertz CT molecular complexity index is 775. The molecule has 0 spiro atoms. The lowest BCUT2D eigenvalue weighted by Crippen LogP contribution is -2.40. The van der Waals surface area contributed by atoms with Crippen molar-refractivity contribution in [1.29, 1.82) is 0 Å². The summed E-state index contributed by atoms with van der Waals surface area (Å²) in [5.74, 6) is -1.33. The number of hydrogen-bond donors (Lipinski definition) is 1. The summed E-state index contributed by atoms with van der Waals surface area (Å²) < 4.78 is 16.0. The normalized spacial score (nSPS) is 18.4. The van der Waals surface area contributed by atoms with Gasteiger partial charge in [0.1, 0.15) is 5.82 Å². The van der Waals surface area contributed by atoms with Crippen LogP contribution in [0.25, 0.3) is 0 Å². The Balaban J connectivity index is 1.62. The molecule has 132 valence electrons. The molecule has 0 bridgehead atoms. The topological polar surface area (TPSA) is 67.2 Å². The van der Waals surface area contributed by atoms with Gasteiger partial charge in [0.25, 0.3) is 0 Å². The summed E-state index contributed by atoms with van der Waals surface area (Å²) in [6, 6.07) is 4.64. The number of aromatic nitrogens is 2. The van der Waals surface area contributed by atoms with E-state index in [0.717, 1.165) is 5.56 Å². The van der Waals surface area contributed by atoms with Crippen LogP contribution in [0.4, 0.5) is 10.1 Å². The van der Waals surface area contributed by atoms with E-state index in [9.17, 15) is 14.0 Å². The zero-order chi connectivity index (χ0) is 18.0. The van der Waals surface area contributed by atoms with Crippen LogP contribution in [0.1, 0.15) is 18.9 Å². The molecule has 1 saturated heterocycles. The third-order valence-corrected chi connectivity index (χ3v) is 4.32. The zero-order valence-corrected chi connectivity index (χ0v) is 14.3. The molecule has 0 radical (unpaired) electrons. The summed E-state index contributed by atoms with van der Waals surface area (Å²) in [6.07, 6.45) is 5.28. The highest BCUT2D eigenvalue weighted by Crippen LogP contribution is 2.28. The number of imidazole rings is 1. The number of halogens is 1. The minimum Gasteiger partial charge on any atom is -0.352 e. The minimum atomic E-state index is -0.474. The first-order valence-corrected chi connectivity index (χ1v) is 8.26. The maximum atomic E-state index is 14.1. The largest absolute Gasteiger partial charge is 0.352 e. The quantitative estimate of drug-likeness (QED) is 0.901. The van der Waals surface area contributed by atoms with Gasteiger partial charge < -0.3 is 14.8 Å². The molecule has 2 amide bonds. The second-order valence-electron chi connectivity index (χ2n) is 6.53. The van der Waals surface area contributed by atoms with Gasteiger partial charge in [-0.2, -0.15) is 0 Å². The molecule has 0 unspecified atom stereocenters. The van der Waals surface area contributed by atoms with Crippen LogP contribution >= 0.6 is 0 Å². The molecule has 1 aliphatic rings. The second-order valence-corrected chi connectivity index (χ2v) is 6.53. The van der Waals surface area contributed by atoms with Crippen LogP contribution in [-0.2, 0) is 16.1 Å². The van der Waals surface area contributed by atoms with Crippen molar-refractivity contribution >= 4 is 17.5 Å². The number of anilines is 1. The summed E-state index contributed by atoms with van der Waals surface area (Å²) in [5.41, 5.74) is 1.02. The fourth-order valence-electron chi connectivity index (χ4n) is 3.06. The highest BCUT2D eigenvalue weighted by Gasteiger charge is 2.36. The molecule has 2 atom stereocenters. The molecule has 2 aromatic rings. The molecule has 0 saturated carbocycles. The van der Waals surface area contributed by atoms with Crippen LogP contribution in [-0.4, -0.2) is 34.0 Å². The number of rotatable bonds is 5. The summed E-state index contributed by atoms with van der Waals surface area (Å²) in [7, 11) is 0. The third-order valence-electron chi connectivity index (χ3n) is 4.32. The van der Waals surface area contributed by atoms with Gasteiger partial charge in [-0.3, -0.25) is 9.59 Å². The SMILES string of the molecule is Cc1ccc(N2C[C@@H](C(=O)N[C@@H](C)Cn3ccnc3)CC2=O)c(F)c1. The lowest BCUT2D eigenvalue weighted by Gasteiger charge is -2.19. The molecule has 7 heteroatoms. The van der Waals surface area contributed by atoms with E-state index in [0.29, 0.717) is 6.54 Å². The monoisotopic (exact) mass is 344 g/mol. The Hall–Kier alpha value is -2.70. The molecule has 3 rings (SSSR count). The molecule has 25 heavy (non-hydrogen) atoms. The first-order valence-electron chi connectivity index (χ1n) is 8.26. The van der Waals surface area contributed by atoms with Crippen molar-refractivity contribution in [3.05, 3.63) is 48.3 Å². The number of amides is 2. The average molecular weight is 344 g/mol. The number of nitrogens with one attached hydrogen (secondary N) is 1. The molecule has 1 fully saturated rings. The lowest BCUT2D eigenvalue weighted by atomic mass is 10.1. The van der Waals surface area contributed by atoms with Gasteiger partial charge in [0.2, 0.25) is 11.8 Å². The van der Waals surface area contributed by atoms with Gasteiger partial charge in [-0.1, -0.05) is 6.07 Å². The second kappa shape index (κ2) is 7.04. The molecular weight excluding hydrogens is 323 g/mol. The van der Waals surface area contributed by atoms with Gasteiger partial charge in [0, 0.05) is 37.9 Å². The highest BCUT2D eigenvalue weighted by molar-refractivity contribution is 6.00. The maximum absolute atomic E-state index is 14.1. The molecule has 1 aliphatic heterocycles. The number of benzene rings is 1.